The van der Waals surface area contributed by atoms with Gasteiger partial charge < -0.3 is 19.5 Å². The van der Waals surface area contributed by atoms with E-state index in [2.05, 4.69) is 5.32 Å². The molecule has 0 bridgehead atoms. The van der Waals surface area contributed by atoms with Crippen LogP contribution in [0.4, 0.5) is 5.69 Å². The quantitative estimate of drug-likeness (QED) is 0.575. The van der Waals surface area contributed by atoms with Gasteiger partial charge in [-0.3, -0.25) is 9.10 Å². The van der Waals surface area contributed by atoms with Crippen molar-refractivity contribution in [1.82, 2.24) is 5.32 Å². The zero-order valence-corrected chi connectivity index (χ0v) is 18.7. The maximum atomic E-state index is 12.4. The Balaban J connectivity index is 2.04. The molecule has 0 saturated heterocycles. The second-order valence-corrected chi connectivity index (χ2v) is 8.68. The van der Waals surface area contributed by atoms with Gasteiger partial charge in [0.15, 0.2) is 0 Å². The Bertz CT molecular complexity index is 991. The number of hydrogen-bond donors (Lipinski definition) is 1. The first-order valence-electron chi connectivity index (χ1n) is 9.32. The number of nitrogens with zero attached hydrogens (tertiary/aromatic N) is 1. The molecule has 0 aromatic heterocycles. The van der Waals surface area contributed by atoms with Gasteiger partial charge in [-0.2, -0.15) is 0 Å². The first-order valence-corrected chi connectivity index (χ1v) is 11.2. The molecule has 0 spiro atoms. The van der Waals surface area contributed by atoms with E-state index >= 15 is 0 Å². The number of carbonyl (C=O) groups is 1. The van der Waals surface area contributed by atoms with Crippen LogP contribution in [-0.4, -0.2) is 54.5 Å². The standard InChI is InChI=1S/C21H28N2O6S/c1-15-6-7-16(2)20(12-15)29-11-10-22-21(24)14-23(30(5,25)26)18-13-17(27-3)8-9-19(18)28-4/h6-9,12-13H,10-11,14H2,1-5H3,(H,22,24). The van der Waals surface area contributed by atoms with Crippen molar-refractivity contribution in [3.63, 3.8) is 0 Å². The molecule has 30 heavy (non-hydrogen) atoms. The van der Waals surface area contributed by atoms with Gasteiger partial charge in [0.05, 0.1) is 32.7 Å². The van der Waals surface area contributed by atoms with Gasteiger partial charge in [0, 0.05) is 6.07 Å². The normalized spacial score (nSPS) is 11.0. The summed E-state index contributed by atoms with van der Waals surface area (Å²) in [5.74, 6) is 1.05. The van der Waals surface area contributed by atoms with Crippen LogP contribution >= 0.6 is 0 Å². The molecule has 0 aliphatic carbocycles. The minimum atomic E-state index is -3.75. The molecule has 164 valence electrons. The van der Waals surface area contributed by atoms with E-state index in [0.29, 0.717) is 11.5 Å². The van der Waals surface area contributed by atoms with E-state index in [9.17, 15) is 13.2 Å². The molecule has 0 saturated carbocycles. The molecule has 0 radical (unpaired) electrons. The number of methoxy groups -OCH3 is 2. The number of sulfonamides is 1. The summed E-state index contributed by atoms with van der Waals surface area (Å²) in [6.45, 7) is 4.02. The fraction of sp³-hybridized carbons (Fsp3) is 0.381. The van der Waals surface area contributed by atoms with E-state index in [1.165, 1.54) is 20.3 Å². The van der Waals surface area contributed by atoms with Gasteiger partial charge in [0.1, 0.15) is 30.4 Å². The molecule has 9 heteroatoms. The zero-order chi connectivity index (χ0) is 22.3. The summed E-state index contributed by atoms with van der Waals surface area (Å²) in [6, 6.07) is 10.6. The highest BCUT2D eigenvalue weighted by atomic mass is 32.2. The molecule has 0 heterocycles. The Hall–Kier alpha value is -2.94. The van der Waals surface area contributed by atoms with Gasteiger partial charge in [-0.25, -0.2) is 8.42 Å². The molecule has 0 unspecified atom stereocenters. The number of ether oxygens (including phenoxy) is 3. The molecule has 1 amide bonds. The third kappa shape index (κ3) is 6.28. The molecule has 2 aromatic rings. The first kappa shape index (κ1) is 23.3. The maximum Gasteiger partial charge on any atom is 0.240 e. The Morgan fingerprint density at radius 1 is 1.03 bits per heavy atom. The Morgan fingerprint density at radius 3 is 2.40 bits per heavy atom. The van der Waals surface area contributed by atoms with Gasteiger partial charge in [-0.1, -0.05) is 12.1 Å². The lowest BCUT2D eigenvalue weighted by Gasteiger charge is -2.24. The Morgan fingerprint density at radius 2 is 1.77 bits per heavy atom. The number of amides is 1. The topological polar surface area (TPSA) is 94.2 Å². The SMILES string of the molecule is COc1ccc(OC)c(N(CC(=O)NCCOc2cc(C)ccc2C)S(C)(=O)=O)c1. The van der Waals surface area contributed by atoms with Crippen molar-refractivity contribution in [3.8, 4) is 17.2 Å². The summed E-state index contributed by atoms with van der Waals surface area (Å²) >= 11 is 0. The lowest BCUT2D eigenvalue weighted by atomic mass is 10.1. The highest BCUT2D eigenvalue weighted by molar-refractivity contribution is 7.92. The van der Waals surface area contributed by atoms with Crippen LogP contribution in [0.3, 0.4) is 0 Å². The predicted molar refractivity (Wildman–Crippen MR) is 116 cm³/mol. The number of hydrogen-bond acceptors (Lipinski definition) is 6. The summed E-state index contributed by atoms with van der Waals surface area (Å²) in [7, 11) is -0.851. The van der Waals surface area contributed by atoms with Crippen LogP contribution in [0.25, 0.3) is 0 Å². The fourth-order valence-corrected chi connectivity index (χ4v) is 3.63. The van der Waals surface area contributed by atoms with Crippen molar-refractivity contribution in [2.75, 3.05) is 44.5 Å². The van der Waals surface area contributed by atoms with Crippen molar-refractivity contribution in [2.45, 2.75) is 13.8 Å². The van der Waals surface area contributed by atoms with Crippen LogP contribution in [0.2, 0.25) is 0 Å². The average Bonchev–Trinajstić information content (AvgIpc) is 2.70. The Kier molecular flexibility index (Phi) is 7.93. The molecule has 0 atom stereocenters. The van der Waals surface area contributed by atoms with Crippen LogP contribution in [0.1, 0.15) is 11.1 Å². The third-order valence-electron chi connectivity index (χ3n) is 4.37. The van der Waals surface area contributed by atoms with Crippen molar-refractivity contribution >= 4 is 21.6 Å². The van der Waals surface area contributed by atoms with E-state index in [-0.39, 0.29) is 18.8 Å². The molecule has 0 fully saturated rings. The molecular formula is C21H28N2O6S. The summed E-state index contributed by atoms with van der Waals surface area (Å²) in [5, 5.41) is 2.68. The minimum absolute atomic E-state index is 0.223. The number of benzene rings is 2. The van der Waals surface area contributed by atoms with Gasteiger partial charge in [0.2, 0.25) is 15.9 Å². The van der Waals surface area contributed by atoms with Crippen molar-refractivity contribution < 1.29 is 27.4 Å². The summed E-state index contributed by atoms with van der Waals surface area (Å²) in [4.78, 5) is 12.4. The minimum Gasteiger partial charge on any atom is -0.497 e. The highest BCUT2D eigenvalue weighted by Crippen LogP contribution is 2.33. The summed E-state index contributed by atoms with van der Waals surface area (Å²) in [6.07, 6.45) is 1.03. The number of anilines is 1. The maximum absolute atomic E-state index is 12.4. The monoisotopic (exact) mass is 436 g/mol. The van der Waals surface area contributed by atoms with Gasteiger partial charge in [-0.05, 0) is 43.2 Å². The molecule has 8 nitrogen and oxygen atoms in total. The second kappa shape index (κ2) is 10.2. The first-order chi connectivity index (χ1) is 14.2. The van der Waals surface area contributed by atoms with Crippen molar-refractivity contribution in [3.05, 3.63) is 47.5 Å². The highest BCUT2D eigenvalue weighted by Gasteiger charge is 2.24. The van der Waals surface area contributed by atoms with E-state index < -0.39 is 22.5 Å². The molecule has 0 aliphatic rings. The summed E-state index contributed by atoms with van der Waals surface area (Å²) < 4.78 is 41.8. The van der Waals surface area contributed by atoms with Crippen LogP contribution < -0.4 is 23.8 Å². The predicted octanol–water partition coefficient (Wildman–Crippen LogP) is 2.28. The number of carbonyl (C=O) groups excluding carboxylic acids is 1. The lowest BCUT2D eigenvalue weighted by Crippen LogP contribution is -2.41. The van der Waals surface area contributed by atoms with Crippen LogP contribution in [0, 0.1) is 13.8 Å². The fourth-order valence-electron chi connectivity index (χ4n) is 2.77. The third-order valence-corrected chi connectivity index (χ3v) is 5.49. The second-order valence-electron chi connectivity index (χ2n) is 6.77. The van der Waals surface area contributed by atoms with Gasteiger partial charge in [0.25, 0.3) is 0 Å². The largest absolute Gasteiger partial charge is 0.497 e. The van der Waals surface area contributed by atoms with Crippen LogP contribution in [-0.2, 0) is 14.8 Å². The smallest absolute Gasteiger partial charge is 0.240 e. The number of nitrogens with one attached hydrogen (secondary N) is 1. The number of rotatable bonds is 10. The van der Waals surface area contributed by atoms with Crippen LogP contribution in [0.15, 0.2) is 36.4 Å². The molecule has 0 aliphatic heterocycles. The van der Waals surface area contributed by atoms with Crippen molar-refractivity contribution in [2.24, 2.45) is 0 Å². The van der Waals surface area contributed by atoms with Crippen molar-refractivity contribution in [1.29, 1.82) is 0 Å². The molecular weight excluding hydrogens is 408 g/mol. The lowest BCUT2D eigenvalue weighted by molar-refractivity contribution is -0.119. The zero-order valence-electron chi connectivity index (χ0n) is 17.9. The number of aryl methyl sites for hydroxylation is 2. The van der Waals surface area contributed by atoms with Crippen LogP contribution in [0.5, 0.6) is 17.2 Å². The molecule has 1 N–H and O–H groups in total. The van der Waals surface area contributed by atoms with E-state index in [4.69, 9.17) is 14.2 Å². The van der Waals surface area contributed by atoms with Gasteiger partial charge >= 0.3 is 0 Å². The van der Waals surface area contributed by atoms with E-state index in [1.54, 1.807) is 12.1 Å². The van der Waals surface area contributed by atoms with Gasteiger partial charge in [-0.15, -0.1) is 0 Å². The summed E-state index contributed by atoms with van der Waals surface area (Å²) in [5.41, 5.74) is 2.30. The van der Waals surface area contributed by atoms with E-state index in [1.807, 2.05) is 32.0 Å². The molecule has 2 rings (SSSR count). The average molecular weight is 437 g/mol. The van der Waals surface area contributed by atoms with E-state index in [0.717, 1.165) is 27.4 Å². The molecule has 2 aromatic carbocycles. The Labute approximate surface area is 177 Å².